The summed E-state index contributed by atoms with van der Waals surface area (Å²) in [7, 11) is -1.65. The van der Waals surface area contributed by atoms with Gasteiger partial charge in [-0.3, -0.25) is 4.55 Å². The van der Waals surface area contributed by atoms with Crippen LogP contribution in [-0.4, -0.2) is 27.2 Å². The number of benzene rings is 1. The Morgan fingerprint density at radius 3 is 1.63 bits per heavy atom. The molecule has 0 unspecified atom stereocenters. The highest BCUT2D eigenvalue weighted by Crippen LogP contribution is 2.36. The average molecular weight is 483 g/mol. The lowest BCUT2D eigenvalue weighted by Crippen LogP contribution is -2.02. The van der Waals surface area contributed by atoms with Gasteiger partial charge in [-0.15, -0.1) is 0 Å². The van der Waals surface area contributed by atoms with Gasteiger partial charge in [0.2, 0.25) is 0 Å². The van der Waals surface area contributed by atoms with E-state index in [-0.39, 0.29) is 4.90 Å². The van der Waals surface area contributed by atoms with E-state index in [1.165, 1.54) is 77.7 Å². The maximum Gasteiger partial charge on any atom is 0.294 e. The highest BCUT2D eigenvalue weighted by Gasteiger charge is 2.19. The van der Waals surface area contributed by atoms with E-state index in [9.17, 15) is 13.0 Å². The molecule has 0 aliphatic heterocycles. The van der Waals surface area contributed by atoms with E-state index in [1.54, 1.807) is 0 Å². The van der Waals surface area contributed by atoms with Crippen LogP contribution in [0, 0.1) is 0 Å². The fourth-order valence-corrected chi connectivity index (χ4v) is 5.08. The fraction of sp³-hybridized carbons (Fsp3) is 0.700. The number of rotatable bonds is 18. The van der Waals surface area contributed by atoms with Crippen LogP contribution < -0.4 is 0 Å². The topological polar surface area (TPSA) is 91.3 Å². The SMILES string of the molecule is CCCCCCCCCCCCc1c(SOOC)cc(S(=O)(=O)O)cc1SOOC. The molecule has 1 rings (SSSR count). The Kier molecular flexibility index (Phi) is 15.1. The predicted octanol–water partition coefficient (Wildman–Crippen LogP) is 6.57. The third kappa shape index (κ3) is 11.3. The van der Waals surface area contributed by atoms with Gasteiger partial charge in [-0.1, -0.05) is 64.7 Å². The summed E-state index contributed by atoms with van der Waals surface area (Å²) in [5.41, 5.74) is 0.867. The third-order valence-electron chi connectivity index (χ3n) is 4.60. The smallest absolute Gasteiger partial charge is 0.282 e. The molecule has 0 heterocycles. The second-order valence-corrected chi connectivity index (χ2v) is 9.85. The maximum absolute atomic E-state index is 11.6. The third-order valence-corrected chi connectivity index (χ3v) is 6.93. The molecule has 0 aromatic heterocycles. The molecule has 1 N–H and O–H groups in total. The molecule has 0 atom stereocenters. The van der Waals surface area contributed by atoms with Crippen molar-refractivity contribution in [3.8, 4) is 0 Å². The lowest BCUT2D eigenvalue weighted by molar-refractivity contribution is -0.160. The Morgan fingerprint density at radius 1 is 0.800 bits per heavy atom. The lowest BCUT2D eigenvalue weighted by Gasteiger charge is -2.14. The van der Waals surface area contributed by atoms with E-state index in [2.05, 4.69) is 16.7 Å². The second kappa shape index (κ2) is 16.3. The molecule has 10 heteroatoms. The van der Waals surface area contributed by atoms with Gasteiger partial charge in [-0.05, 0) is 30.5 Å². The predicted molar refractivity (Wildman–Crippen MR) is 120 cm³/mol. The Hall–Kier alpha value is -0.330. The van der Waals surface area contributed by atoms with Crippen LogP contribution in [0.2, 0.25) is 0 Å². The van der Waals surface area contributed by atoms with Crippen LogP contribution in [0.5, 0.6) is 0 Å². The van der Waals surface area contributed by atoms with E-state index < -0.39 is 10.1 Å². The first-order valence-corrected chi connectivity index (χ1v) is 13.3. The summed E-state index contributed by atoms with van der Waals surface area (Å²) in [5, 5.41) is 0. The van der Waals surface area contributed by atoms with Crippen LogP contribution >= 0.6 is 24.1 Å². The largest absolute Gasteiger partial charge is 0.294 e. The molecule has 7 nitrogen and oxygen atoms in total. The fourth-order valence-electron chi connectivity index (χ4n) is 3.07. The van der Waals surface area contributed by atoms with Crippen LogP contribution in [-0.2, 0) is 35.0 Å². The zero-order chi connectivity index (χ0) is 22.2. The molecule has 0 fully saturated rings. The van der Waals surface area contributed by atoms with Crippen molar-refractivity contribution >= 4 is 34.2 Å². The van der Waals surface area contributed by atoms with Gasteiger partial charge in [0.25, 0.3) is 10.1 Å². The molecule has 1 aromatic rings. The first kappa shape index (κ1) is 27.7. The van der Waals surface area contributed by atoms with Gasteiger partial charge in [-0.25, -0.2) is 9.78 Å². The van der Waals surface area contributed by atoms with Gasteiger partial charge < -0.3 is 0 Å². The highest BCUT2D eigenvalue weighted by atomic mass is 32.2. The van der Waals surface area contributed by atoms with Gasteiger partial charge in [0, 0.05) is 9.79 Å². The Bertz CT molecular complexity index is 667. The van der Waals surface area contributed by atoms with Crippen LogP contribution in [0.1, 0.15) is 76.7 Å². The molecule has 0 saturated carbocycles. The summed E-state index contributed by atoms with van der Waals surface area (Å²) in [6.45, 7) is 2.23. The standard InChI is InChI=1S/C20H34O7S3/c1-4-5-6-7-8-9-10-11-12-13-14-18-19(28-26-24-2)15-17(30(21,22)23)16-20(18)29-27-25-3/h15-16H,4-14H2,1-3H3,(H,21,22,23). The van der Waals surface area contributed by atoms with Crippen LogP contribution in [0.3, 0.4) is 0 Å². The molecule has 0 amide bonds. The summed E-state index contributed by atoms with van der Waals surface area (Å²) in [6.07, 6.45) is 13.0. The summed E-state index contributed by atoms with van der Waals surface area (Å²) < 4.78 is 42.6. The average Bonchev–Trinajstić information content (AvgIpc) is 2.71. The first-order valence-electron chi connectivity index (χ1n) is 10.3. The molecule has 0 aliphatic carbocycles. The molecule has 0 spiro atoms. The number of unbranched alkanes of at least 4 members (excludes halogenated alkanes) is 9. The van der Waals surface area contributed by atoms with E-state index in [0.29, 0.717) is 16.2 Å². The zero-order valence-corrected chi connectivity index (χ0v) is 20.5. The van der Waals surface area contributed by atoms with Crippen molar-refractivity contribution < 1.29 is 31.4 Å². The minimum Gasteiger partial charge on any atom is -0.282 e. The van der Waals surface area contributed by atoms with Crippen LogP contribution in [0.4, 0.5) is 0 Å². The molecule has 30 heavy (non-hydrogen) atoms. The normalized spacial score (nSPS) is 11.9. The van der Waals surface area contributed by atoms with Crippen molar-refractivity contribution in [3.05, 3.63) is 17.7 Å². The van der Waals surface area contributed by atoms with Gasteiger partial charge in [0.1, 0.15) is 0 Å². The van der Waals surface area contributed by atoms with Gasteiger partial charge in [0.15, 0.2) is 0 Å². The number of hydrogen-bond acceptors (Lipinski definition) is 8. The minimum atomic E-state index is -4.38. The lowest BCUT2D eigenvalue weighted by atomic mass is 10.0. The van der Waals surface area contributed by atoms with Crippen molar-refractivity contribution in [1.82, 2.24) is 0 Å². The van der Waals surface area contributed by atoms with Gasteiger partial charge in [0.05, 0.1) is 43.2 Å². The van der Waals surface area contributed by atoms with Crippen LogP contribution in [0.15, 0.2) is 26.8 Å². The molecule has 0 aliphatic rings. The van der Waals surface area contributed by atoms with E-state index in [0.717, 1.165) is 42.5 Å². The van der Waals surface area contributed by atoms with Gasteiger partial charge in [-0.2, -0.15) is 17.1 Å². The second-order valence-electron chi connectivity index (χ2n) is 6.94. The molecule has 0 bridgehead atoms. The molecule has 0 radical (unpaired) electrons. The van der Waals surface area contributed by atoms with Gasteiger partial charge >= 0.3 is 0 Å². The van der Waals surface area contributed by atoms with Crippen LogP contribution in [0.25, 0.3) is 0 Å². The summed E-state index contributed by atoms with van der Waals surface area (Å²) in [6, 6.07) is 2.75. The van der Waals surface area contributed by atoms with Crippen molar-refractivity contribution in [2.24, 2.45) is 0 Å². The van der Waals surface area contributed by atoms with E-state index in [1.807, 2.05) is 0 Å². The van der Waals surface area contributed by atoms with Crippen molar-refractivity contribution in [2.75, 3.05) is 14.2 Å². The van der Waals surface area contributed by atoms with E-state index >= 15 is 0 Å². The molecule has 1 aromatic carbocycles. The summed E-state index contributed by atoms with van der Waals surface area (Å²) in [4.78, 5) is 10.1. The minimum absolute atomic E-state index is 0.237. The zero-order valence-electron chi connectivity index (χ0n) is 18.1. The van der Waals surface area contributed by atoms with E-state index in [4.69, 9.17) is 8.67 Å². The Balaban J connectivity index is 2.70. The molecular formula is C20H34O7S3. The number of hydrogen-bond donors (Lipinski definition) is 1. The van der Waals surface area contributed by atoms with Crippen molar-refractivity contribution in [2.45, 2.75) is 92.2 Å². The van der Waals surface area contributed by atoms with Crippen molar-refractivity contribution in [3.63, 3.8) is 0 Å². The molecular weight excluding hydrogens is 448 g/mol. The Labute approximate surface area is 189 Å². The first-order chi connectivity index (χ1) is 14.4. The Morgan fingerprint density at radius 2 is 1.23 bits per heavy atom. The summed E-state index contributed by atoms with van der Waals surface area (Å²) >= 11 is 1.80. The monoisotopic (exact) mass is 482 g/mol. The quantitative estimate of drug-likeness (QED) is 0.0820. The summed E-state index contributed by atoms with van der Waals surface area (Å²) in [5.74, 6) is 0. The molecule has 0 saturated heterocycles. The maximum atomic E-state index is 11.6. The van der Waals surface area contributed by atoms with Crippen molar-refractivity contribution in [1.29, 1.82) is 0 Å². The molecule has 174 valence electrons. The highest BCUT2D eigenvalue weighted by molar-refractivity contribution is 7.95.